The Balaban J connectivity index is 1.45. The first-order valence-corrected chi connectivity index (χ1v) is 13.8. The van der Waals surface area contributed by atoms with Gasteiger partial charge >= 0.3 is 5.92 Å². The molecule has 0 amide bonds. The first-order valence-electron chi connectivity index (χ1n) is 13.8. The van der Waals surface area contributed by atoms with Crippen molar-refractivity contribution in [3.63, 3.8) is 0 Å². The van der Waals surface area contributed by atoms with Crippen molar-refractivity contribution >= 4 is 16.7 Å². The second kappa shape index (κ2) is 10.7. The van der Waals surface area contributed by atoms with Crippen LogP contribution in [0.1, 0.15) is 69.4 Å². The van der Waals surface area contributed by atoms with E-state index in [-0.39, 0.29) is 5.56 Å². The van der Waals surface area contributed by atoms with Gasteiger partial charge in [-0.25, -0.2) is 14.4 Å². The summed E-state index contributed by atoms with van der Waals surface area (Å²) in [7, 11) is 1.58. The number of halogens is 3. The van der Waals surface area contributed by atoms with E-state index >= 15 is 4.39 Å². The number of anilines is 1. The zero-order valence-corrected chi connectivity index (χ0v) is 23.6. The van der Waals surface area contributed by atoms with Gasteiger partial charge in [0.1, 0.15) is 29.7 Å². The third-order valence-corrected chi connectivity index (χ3v) is 7.92. The minimum absolute atomic E-state index is 0.0252. The molecule has 1 saturated heterocycles. The molecule has 3 aromatic rings. The van der Waals surface area contributed by atoms with Gasteiger partial charge in [-0.3, -0.25) is 4.90 Å². The summed E-state index contributed by atoms with van der Waals surface area (Å²) in [6.45, 7) is 6.97. The fraction of sp³-hybridized carbons (Fsp3) is 0.533. The van der Waals surface area contributed by atoms with E-state index in [9.17, 15) is 13.9 Å². The zero-order valence-electron chi connectivity index (χ0n) is 23.6. The topological polar surface area (TPSA) is 79.7 Å². The first-order chi connectivity index (χ1) is 18.9. The van der Waals surface area contributed by atoms with Crippen LogP contribution in [0.4, 0.5) is 19.0 Å². The molecule has 1 aliphatic heterocycles. The van der Waals surface area contributed by atoms with Crippen LogP contribution >= 0.6 is 0 Å². The second-order valence-corrected chi connectivity index (χ2v) is 11.4. The molecule has 0 unspecified atom stereocenters. The highest BCUT2D eigenvalue weighted by Crippen LogP contribution is 2.42. The predicted molar refractivity (Wildman–Crippen MR) is 148 cm³/mol. The molecule has 0 bridgehead atoms. The Morgan fingerprint density at radius 2 is 1.90 bits per heavy atom. The first kappa shape index (κ1) is 28.4. The SMILES string of the molecule is COc1cc2nc(C)nc(N[C@H](C)c3cccc(C(F)(F)C(C)(C)O)c3F)c2cc1OC[C@@H]1CCCN1C1CC1. The van der Waals surface area contributed by atoms with E-state index in [4.69, 9.17) is 9.47 Å². The lowest BCUT2D eigenvalue weighted by Crippen LogP contribution is -2.41. The smallest absolute Gasteiger partial charge is 0.303 e. The maximum Gasteiger partial charge on any atom is 0.303 e. The van der Waals surface area contributed by atoms with Crippen molar-refractivity contribution in [2.45, 2.75) is 83.0 Å². The van der Waals surface area contributed by atoms with Crippen molar-refractivity contribution in [2.24, 2.45) is 0 Å². The Kier molecular flexibility index (Phi) is 7.60. The van der Waals surface area contributed by atoms with Gasteiger partial charge in [0.2, 0.25) is 0 Å². The summed E-state index contributed by atoms with van der Waals surface area (Å²) >= 11 is 0. The zero-order chi connectivity index (χ0) is 28.8. The number of ether oxygens (including phenoxy) is 2. The number of nitrogens with zero attached hydrogens (tertiary/aromatic N) is 3. The fourth-order valence-corrected chi connectivity index (χ4v) is 5.48. The van der Waals surface area contributed by atoms with Crippen molar-refractivity contribution < 1.29 is 27.8 Å². The van der Waals surface area contributed by atoms with Crippen LogP contribution in [-0.2, 0) is 5.92 Å². The third kappa shape index (κ3) is 5.43. The van der Waals surface area contributed by atoms with Gasteiger partial charge in [-0.2, -0.15) is 8.78 Å². The number of aliphatic hydroxyl groups is 1. The Morgan fingerprint density at radius 3 is 2.58 bits per heavy atom. The molecule has 2 heterocycles. The molecule has 7 nitrogen and oxygen atoms in total. The lowest BCUT2D eigenvalue weighted by molar-refractivity contribution is -0.170. The lowest BCUT2D eigenvalue weighted by atomic mass is 9.91. The molecule has 5 rings (SSSR count). The van der Waals surface area contributed by atoms with Crippen LogP contribution in [0.3, 0.4) is 0 Å². The number of aryl methyl sites for hydroxylation is 1. The van der Waals surface area contributed by atoms with Gasteiger partial charge in [-0.05, 0) is 72.1 Å². The van der Waals surface area contributed by atoms with Gasteiger partial charge in [0.05, 0.1) is 24.2 Å². The molecule has 0 radical (unpaired) electrons. The molecule has 10 heteroatoms. The molecule has 216 valence electrons. The van der Waals surface area contributed by atoms with E-state index in [2.05, 4.69) is 20.2 Å². The van der Waals surface area contributed by atoms with Crippen molar-refractivity contribution in [3.8, 4) is 11.5 Å². The van der Waals surface area contributed by atoms with Gasteiger partial charge in [0.15, 0.2) is 11.5 Å². The Labute approximate surface area is 232 Å². The molecule has 40 heavy (non-hydrogen) atoms. The standard InChI is InChI=1S/C30H37F3N4O3/c1-17(21-9-6-10-23(27(21)31)30(32,33)29(3,4)38)34-28-22-14-26(25(39-5)15-24(22)35-18(2)36-28)40-16-20-8-7-13-37(20)19-11-12-19/h6,9-10,14-15,17,19-20,38H,7-8,11-13,16H2,1-5H3,(H,34,35,36)/t17-,20+/m1/s1. The van der Waals surface area contributed by atoms with Crippen LogP contribution < -0.4 is 14.8 Å². The summed E-state index contributed by atoms with van der Waals surface area (Å²) in [5.41, 5.74) is -2.67. The number of methoxy groups -OCH3 is 1. The molecule has 2 atom stereocenters. The van der Waals surface area contributed by atoms with Crippen LogP contribution in [0.25, 0.3) is 10.9 Å². The van der Waals surface area contributed by atoms with Gasteiger partial charge in [-0.1, -0.05) is 12.1 Å². The van der Waals surface area contributed by atoms with Crippen molar-refractivity contribution in [2.75, 3.05) is 25.6 Å². The molecule has 2 aliphatic rings. The fourth-order valence-electron chi connectivity index (χ4n) is 5.48. The average Bonchev–Trinajstić information content (AvgIpc) is 3.63. The maximum absolute atomic E-state index is 15.4. The molecule has 2 aromatic carbocycles. The van der Waals surface area contributed by atoms with Gasteiger partial charge in [0.25, 0.3) is 0 Å². The maximum atomic E-state index is 15.4. The Bertz CT molecular complexity index is 1390. The highest BCUT2D eigenvalue weighted by molar-refractivity contribution is 5.92. The summed E-state index contributed by atoms with van der Waals surface area (Å²) in [4.78, 5) is 11.6. The van der Waals surface area contributed by atoms with E-state index in [1.54, 1.807) is 27.0 Å². The highest BCUT2D eigenvalue weighted by atomic mass is 19.3. The number of aromatic nitrogens is 2. The normalized spacial score (nSPS) is 19.2. The van der Waals surface area contributed by atoms with Crippen LogP contribution in [0.5, 0.6) is 11.5 Å². The van der Waals surface area contributed by atoms with E-state index < -0.39 is 28.9 Å². The Morgan fingerprint density at radius 1 is 1.15 bits per heavy atom. The van der Waals surface area contributed by atoms with E-state index in [0.29, 0.717) is 52.7 Å². The lowest BCUT2D eigenvalue weighted by Gasteiger charge is -2.30. The molecule has 1 aromatic heterocycles. The van der Waals surface area contributed by atoms with Crippen molar-refractivity contribution in [1.29, 1.82) is 0 Å². The number of nitrogens with one attached hydrogen (secondary N) is 1. The summed E-state index contributed by atoms with van der Waals surface area (Å²) in [6.07, 6.45) is 4.76. The van der Waals surface area contributed by atoms with Crippen molar-refractivity contribution in [1.82, 2.24) is 14.9 Å². The summed E-state index contributed by atoms with van der Waals surface area (Å²) in [5, 5.41) is 13.8. The largest absolute Gasteiger partial charge is 0.493 e. The summed E-state index contributed by atoms with van der Waals surface area (Å²) < 4.78 is 57.1. The number of hydrogen-bond donors (Lipinski definition) is 2. The van der Waals surface area contributed by atoms with Crippen LogP contribution in [0, 0.1) is 12.7 Å². The molecule has 0 spiro atoms. The number of hydrogen-bond acceptors (Lipinski definition) is 7. The molecule has 2 fully saturated rings. The van der Waals surface area contributed by atoms with Crippen LogP contribution in [0.15, 0.2) is 30.3 Å². The van der Waals surface area contributed by atoms with Crippen molar-refractivity contribution in [3.05, 3.63) is 53.1 Å². The third-order valence-electron chi connectivity index (χ3n) is 7.92. The monoisotopic (exact) mass is 558 g/mol. The van der Waals surface area contributed by atoms with E-state index in [1.807, 2.05) is 6.07 Å². The quantitative estimate of drug-likeness (QED) is 0.310. The molecule has 2 N–H and O–H groups in total. The molecular formula is C30H37F3N4O3. The number of benzene rings is 2. The minimum Gasteiger partial charge on any atom is -0.493 e. The van der Waals surface area contributed by atoms with Gasteiger partial charge in [-0.15, -0.1) is 0 Å². The van der Waals surface area contributed by atoms with E-state index in [0.717, 1.165) is 39.3 Å². The number of alkyl halides is 2. The number of fused-ring (bicyclic) bond motifs is 1. The molecule has 1 saturated carbocycles. The number of likely N-dealkylation sites (tertiary alicyclic amines) is 1. The van der Waals surface area contributed by atoms with Crippen LogP contribution in [-0.4, -0.2) is 57.9 Å². The van der Waals surface area contributed by atoms with Gasteiger partial charge in [0, 0.05) is 29.1 Å². The van der Waals surface area contributed by atoms with Gasteiger partial charge < -0.3 is 19.9 Å². The predicted octanol–water partition coefficient (Wildman–Crippen LogP) is 6.13. The van der Waals surface area contributed by atoms with E-state index in [1.165, 1.54) is 25.0 Å². The second-order valence-electron chi connectivity index (χ2n) is 11.4. The highest BCUT2D eigenvalue weighted by Gasteiger charge is 2.49. The number of rotatable bonds is 10. The summed E-state index contributed by atoms with van der Waals surface area (Å²) in [6, 6.07) is 7.70. The molecular weight excluding hydrogens is 521 g/mol. The Hall–Kier alpha value is -3.11. The average molecular weight is 559 g/mol. The summed E-state index contributed by atoms with van der Waals surface area (Å²) in [5.74, 6) is -2.87. The van der Waals surface area contributed by atoms with Crippen LogP contribution in [0.2, 0.25) is 0 Å². The molecule has 1 aliphatic carbocycles. The minimum atomic E-state index is -3.79.